The molecule has 1 fully saturated rings. The molecule has 2 aliphatic heterocycles. The van der Waals surface area contributed by atoms with E-state index in [0.29, 0.717) is 13.0 Å². The van der Waals surface area contributed by atoms with Crippen LogP contribution in [0.5, 0.6) is 0 Å². The SMILES string of the molecule is Cc1ccccc1/C=C/[C@]12NC(=O)CCN1c1ccc(F)cc1C2(C)C. The third kappa shape index (κ3) is 2.28. The van der Waals surface area contributed by atoms with Crippen LogP contribution >= 0.6 is 0 Å². The summed E-state index contributed by atoms with van der Waals surface area (Å²) in [4.78, 5) is 14.6. The molecule has 0 spiro atoms. The van der Waals surface area contributed by atoms with Crippen molar-refractivity contribution in [2.75, 3.05) is 11.4 Å². The predicted octanol–water partition coefficient (Wildman–Crippen LogP) is 4.16. The number of anilines is 1. The van der Waals surface area contributed by atoms with E-state index < -0.39 is 11.1 Å². The fraction of sp³-hybridized carbons (Fsp3) is 0.318. The number of hydrogen-bond donors (Lipinski definition) is 1. The molecule has 4 rings (SSSR count). The van der Waals surface area contributed by atoms with E-state index in [0.717, 1.165) is 16.8 Å². The van der Waals surface area contributed by atoms with Crippen molar-refractivity contribution in [1.82, 2.24) is 5.32 Å². The van der Waals surface area contributed by atoms with Crippen LogP contribution in [0, 0.1) is 12.7 Å². The highest BCUT2D eigenvalue weighted by Gasteiger charge is 2.57. The molecule has 0 aliphatic carbocycles. The standard InChI is InChI=1S/C22H23FN2O/c1-15-6-4-5-7-16(15)10-12-22-21(2,3)18-14-17(23)8-9-19(18)25(22)13-11-20(26)24-22/h4-10,12,14H,11,13H2,1-3H3,(H,24,26)/b12-10+/t22-/m0/s1. The second-order valence-electron chi connectivity index (χ2n) is 7.69. The Hall–Kier alpha value is -2.62. The first-order valence-electron chi connectivity index (χ1n) is 8.99. The summed E-state index contributed by atoms with van der Waals surface area (Å²) in [6.07, 6.45) is 4.58. The first-order valence-corrected chi connectivity index (χ1v) is 8.99. The normalized spacial score (nSPS) is 23.7. The van der Waals surface area contributed by atoms with Crippen molar-refractivity contribution in [2.24, 2.45) is 0 Å². The van der Waals surface area contributed by atoms with Crippen LogP contribution in [0.25, 0.3) is 6.08 Å². The summed E-state index contributed by atoms with van der Waals surface area (Å²) in [6.45, 7) is 6.82. The Morgan fingerprint density at radius 2 is 1.96 bits per heavy atom. The molecule has 2 aromatic rings. The van der Waals surface area contributed by atoms with E-state index in [1.54, 1.807) is 6.07 Å². The number of benzene rings is 2. The van der Waals surface area contributed by atoms with Crippen molar-refractivity contribution in [1.29, 1.82) is 0 Å². The molecule has 2 heterocycles. The molecule has 26 heavy (non-hydrogen) atoms. The van der Waals surface area contributed by atoms with Crippen LogP contribution in [-0.2, 0) is 10.2 Å². The maximum Gasteiger partial charge on any atom is 0.223 e. The number of amides is 1. The lowest BCUT2D eigenvalue weighted by Gasteiger charge is -2.49. The molecule has 0 bridgehead atoms. The molecule has 2 aromatic carbocycles. The molecule has 4 heteroatoms. The lowest BCUT2D eigenvalue weighted by Crippen LogP contribution is -2.68. The van der Waals surface area contributed by atoms with Gasteiger partial charge in [0.05, 0.1) is 0 Å². The van der Waals surface area contributed by atoms with Crippen molar-refractivity contribution >= 4 is 17.7 Å². The maximum atomic E-state index is 14.0. The second-order valence-corrected chi connectivity index (χ2v) is 7.69. The molecule has 1 saturated heterocycles. The fourth-order valence-corrected chi connectivity index (χ4v) is 4.31. The van der Waals surface area contributed by atoms with E-state index in [9.17, 15) is 9.18 Å². The van der Waals surface area contributed by atoms with Crippen molar-refractivity contribution in [3.63, 3.8) is 0 Å². The van der Waals surface area contributed by atoms with Gasteiger partial charge in [-0.15, -0.1) is 0 Å². The number of nitrogens with one attached hydrogen (secondary N) is 1. The average Bonchev–Trinajstić information content (AvgIpc) is 2.79. The average molecular weight is 350 g/mol. The van der Waals surface area contributed by atoms with Gasteiger partial charge >= 0.3 is 0 Å². The fourth-order valence-electron chi connectivity index (χ4n) is 4.31. The molecule has 134 valence electrons. The Bertz CT molecular complexity index is 918. The Balaban J connectivity index is 1.88. The van der Waals surface area contributed by atoms with Crippen LogP contribution in [0.1, 0.15) is 37.0 Å². The molecular formula is C22H23FN2O. The second kappa shape index (κ2) is 5.70. The van der Waals surface area contributed by atoms with Crippen LogP contribution in [0.4, 0.5) is 10.1 Å². The minimum atomic E-state index is -0.708. The van der Waals surface area contributed by atoms with E-state index in [1.807, 2.05) is 18.2 Å². The van der Waals surface area contributed by atoms with Gasteiger partial charge in [-0.2, -0.15) is 0 Å². The number of carbonyl (C=O) groups is 1. The zero-order valence-electron chi connectivity index (χ0n) is 15.3. The minimum Gasteiger partial charge on any atom is -0.344 e. The largest absolute Gasteiger partial charge is 0.344 e. The summed E-state index contributed by atoms with van der Waals surface area (Å²) < 4.78 is 14.0. The van der Waals surface area contributed by atoms with Gasteiger partial charge in [-0.1, -0.05) is 44.2 Å². The highest BCUT2D eigenvalue weighted by atomic mass is 19.1. The van der Waals surface area contributed by atoms with Crippen molar-refractivity contribution in [3.8, 4) is 0 Å². The molecule has 0 unspecified atom stereocenters. The maximum absolute atomic E-state index is 14.0. The molecule has 1 N–H and O–H groups in total. The Morgan fingerprint density at radius 1 is 1.19 bits per heavy atom. The molecule has 1 amide bonds. The third-order valence-corrected chi connectivity index (χ3v) is 5.89. The van der Waals surface area contributed by atoms with Crippen LogP contribution in [-0.4, -0.2) is 18.1 Å². The first-order chi connectivity index (χ1) is 12.3. The molecule has 1 atom stereocenters. The number of rotatable bonds is 2. The summed E-state index contributed by atoms with van der Waals surface area (Å²) in [5.74, 6) is -0.224. The highest BCUT2D eigenvalue weighted by Crippen LogP contribution is 2.52. The Labute approximate surface area is 153 Å². The van der Waals surface area contributed by atoms with Gasteiger partial charge in [0.2, 0.25) is 5.91 Å². The van der Waals surface area contributed by atoms with Crippen molar-refractivity contribution in [2.45, 2.75) is 38.3 Å². The number of fused-ring (bicyclic) bond motifs is 3. The topological polar surface area (TPSA) is 32.3 Å². The van der Waals surface area contributed by atoms with Gasteiger partial charge in [-0.05, 0) is 47.9 Å². The lowest BCUT2D eigenvalue weighted by molar-refractivity contribution is -0.124. The number of aryl methyl sites for hydroxylation is 1. The summed E-state index contributed by atoms with van der Waals surface area (Å²) in [6, 6.07) is 13.1. The predicted molar refractivity (Wildman–Crippen MR) is 102 cm³/mol. The van der Waals surface area contributed by atoms with Crippen LogP contribution in [0.3, 0.4) is 0 Å². The van der Waals surface area contributed by atoms with Gasteiger partial charge in [0.25, 0.3) is 0 Å². The number of hydrogen-bond acceptors (Lipinski definition) is 2. The third-order valence-electron chi connectivity index (χ3n) is 5.89. The van der Waals surface area contributed by atoms with E-state index in [4.69, 9.17) is 0 Å². The zero-order chi connectivity index (χ0) is 18.5. The number of halogens is 1. The number of nitrogens with zero attached hydrogens (tertiary/aromatic N) is 1. The monoisotopic (exact) mass is 350 g/mol. The molecule has 3 nitrogen and oxygen atoms in total. The van der Waals surface area contributed by atoms with Crippen LogP contribution in [0.2, 0.25) is 0 Å². The zero-order valence-corrected chi connectivity index (χ0v) is 15.3. The van der Waals surface area contributed by atoms with Gasteiger partial charge in [-0.25, -0.2) is 4.39 Å². The molecule has 0 aromatic heterocycles. The Morgan fingerprint density at radius 3 is 2.73 bits per heavy atom. The van der Waals surface area contributed by atoms with Crippen LogP contribution < -0.4 is 10.2 Å². The van der Waals surface area contributed by atoms with Gasteiger partial charge in [0, 0.05) is 24.1 Å². The molecule has 0 saturated carbocycles. The summed E-state index contributed by atoms with van der Waals surface area (Å²) in [5.41, 5.74) is 3.02. The van der Waals surface area contributed by atoms with E-state index in [1.165, 1.54) is 11.6 Å². The summed E-state index contributed by atoms with van der Waals surface area (Å²) in [7, 11) is 0. The van der Waals surface area contributed by atoms with Gasteiger partial charge in [0.1, 0.15) is 11.5 Å². The van der Waals surface area contributed by atoms with Crippen molar-refractivity contribution < 1.29 is 9.18 Å². The van der Waals surface area contributed by atoms with E-state index in [2.05, 4.69) is 55.3 Å². The van der Waals surface area contributed by atoms with E-state index >= 15 is 0 Å². The summed E-state index contributed by atoms with van der Waals surface area (Å²) in [5, 5.41) is 3.22. The number of carbonyl (C=O) groups excluding carboxylic acids is 1. The molecule has 2 aliphatic rings. The van der Waals surface area contributed by atoms with Crippen molar-refractivity contribution in [3.05, 3.63) is 71.0 Å². The Kier molecular flexibility index (Phi) is 3.69. The minimum absolute atomic E-state index is 0.0250. The van der Waals surface area contributed by atoms with Gasteiger partial charge < -0.3 is 10.2 Å². The van der Waals surface area contributed by atoms with E-state index in [-0.39, 0.29) is 11.7 Å². The molecule has 0 radical (unpaired) electrons. The van der Waals surface area contributed by atoms with Gasteiger partial charge in [-0.3, -0.25) is 4.79 Å². The highest BCUT2D eigenvalue weighted by molar-refractivity contribution is 5.84. The summed E-state index contributed by atoms with van der Waals surface area (Å²) >= 11 is 0. The first kappa shape index (κ1) is 16.8. The van der Waals surface area contributed by atoms with Crippen LogP contribution in [0.15, 0.2) is 48.5 Å². The lowest BCUT2D eigenvalue weighted by atomic mass is 9.74. The van der Waals surface area contributed by atoms with Gasteiger partial charge in [0.15, 0.2) is 0 Å². The smallest absolute Gasteiger partial charge is 0.223 e. The quantitative estimate of drug-likeness (QED) is 0.882. The molecular weight excluding hydrogens is 327 g/mol.